The first kappa shape index (κ1) is 15.6. The third kappa shape index (κ3) is 5.04. The molecule has 1 amide bonds. The molecule has 0 heterocycles. The van der Waals surface area contributed by atoms with E-state index in [0.29, 0.717) is 5.56 Å². The average Bonchev–Trinajstić information content (AvgIpc) is 2.34. The van der Waals surface area contributed by atoms with Gasteiger partial charge in [0.25, 0.3) is 0 Å². The fraction of sp³-hybridized carbons (Fsp3) is 0.375. The Bertz CT molecular complexity index is 596. The summed E-state index contributed by atoms with van der Waals surface area (Å²) in [5, 5.41) is 11.5. The van der Waals surface area contributed by atoms with E-state index < -0.39 is 11.7 Å². The fourth-order valence-corrected chi connectivity index (χ4v) is 1.46. The maximum absolute atomic E-state index is 11.4. The van der Waals surface area contributed by atoms with E-state index in [2.05, 4.69) is 23.2 Å². The molecule has 0 atom stereocenters. The molecule has 4 heteroatoms. The number of carbonyl (C=O) groups is 1. The van der Waals surface area contributed by atoms with Gasteiger partial charge < -0.3 is 10.1 Å². The number of hydrogen-bond donors (Lipinski definition) is 1. The molecule has 0 aliphatic rings. The van der Waals surface area contributed by atoms with Crippen molar-refractivity contribution in [3.63, 3.8) is 0 Å². The molecule has 0 saturated carbocycles. The van der Waals surface area contributed by atoms with Gasteiger partial charge in [0.15, 0.2) is 0 Å². The highest BCUT2D eigenvalue weighted by Crippen LogP contribution is 2.11. The quantitative estimate of drug-likeness (QED) is 0.798. The highest BCUT2D eigenvalue weighted by molar-refractivity contribution is 5.68. The van der Waals surface area contributed by atoms with Gasteiger partial charge in [-0.3, -0.25) is 0 Å². The Morgan fingerprint density at radius 2 is 2.00 bits per heavy atom. The zero-order valence-corrected chi connectivity index (χ0v) is 12.2. The molecule has 0 aromatic heterocycles. The Labute approximate surface area is 119 Å². The number of ether oxygens (including phenoxy) is 1. The van der Waals surface area contributed by atoms with Gasteiger partial charge in [-0.1, -0.05) is 17.9 Å². The molecule has 1 aromatic carbocycles. The summed E-state index contributed by atoms with van der Waals surface area (Å²) in [4.78, 5) is 11.4. The minimum absolute atomic E-state index is 0.200. The Morgan fingerprint density at radius 1 is 1.35 bits per heavy atom. The van der Waals surface area contributed by atoms with Crippen LogP contribution in [0, 0.1) is 30.1 Å². The molecule has 1 aromatic rings. The van der Waals surface area contributed by atoms with Crippen molar-refractivity contribution in [1.29, 1.82) is 5.26 Å². The number of nitrogens with zero attached hydrogens (tertiary/aromatic N) is 1. The van der Waals surface area contributed by atoms with E-state index in [1.807, 2.05) is 13.0 Å². The van der Waals surface area contributed by atoms with Crippen LogP contribution in [0.15, 0.2) is 18.2 Å². The lowest BCUT2D eigenvalue weighted by atomic mass is 10.0. The van der Waals surface area contributed by atoms with Crippen LogP contribution in [0.2, 0.25) is 0 Å². The summed E-state index contributed by atoms with van der Waals surface area (Å²) in [6.07, 6.45) is -0.491. The van der Waals surface area contributed by atoms with Crippen LogP contribution in [-0.2, 0) is 4.74 Å². The number of hydrogen-bond acceptors (Lipinski definition) is 3. The third-order valence-electron chi connectivity index (χ3n) is 2.40. The Kier molecular flexibility index (Phi) is 5.17. The van der Waals surface area contributed by atoms with Gasteiger partial charge in [0.05, 0.1) is 18.2 Å². The van der Waals surface area contributed by atoms with Crippen LogP contribution >= 0.6 is 0 Å². The van der Waals surface area contributed by atoms with Gasteiger partial charge in [-0.15, -0.1) is 0 Å². The second-order valence-electron chi connectivity index (χ2n) is 5.25. The molecule has 0 radical (unpaired) electrons. The van der Waals surface area contributed by atoms with Crippen molar-refractivity contribution in [2.45, 2.75) is 33.3 Å². The van der Waals surface area contributed by atoms with Crippen LogP contribution in [0.1, 0.15) is 37.5 Å². The van der Waals surface area contributed by atoms with Gasteiger partial charge in [-0.2, -0.15) is 5.26 Å². The molecule has 0 aliphatic carbocycles. The van der Waals surface area contributed by atoms with Crippen molar-refractivity contribution >= 4 is 6.09 Å². The van der Waals surface area contributed by atoms with Crippen molar-refractivity contribution in [3.8, 4) is 17.9 Å². The Balaban J connectivity index is 2.60. The smallest absolute Gasteiger partial charge is 0.408 e. The van der Waals surface area contributed by atoms with Gasteiger partial charge >= 0.3 is 6.09 Å². The monoisotopic (exact) mass is 270 g/mol. The van der Waals surface area contributed by atoms with Gasteiger partial charge in [0, 0.05) is 5.56 Å². The van der Waals surface area contributed by atoms with Crippen molar-refractivity contribution in [2.75, 3.05) is 6.54 Å². The van der Waals surface area contributed by atoms with Crippen molar-refractivity contribution in [2.24, 2.45) is 0 Å². The molecule has 0 bridgehead atoms. The van der Waals surface area contributed by atoms with E-state index in [9.17, 15) is 4.79 Å². The zero-order chi connectivity index (χ0) is 15.2. The fourth-order valence-electron chi connectivity index (χ4n) is 1.46. The molecule has 1 rings (SSSR count). The predicted octanol–water partition coefficient (Wildman–Crippen LogP) is 2.74. The SMILES string of the molecule is Cc1c(C#N)cccc1C#CCNC(=O)OC(C)(C)C. The highest BCUT2D eigenvalue weighted by atomic mass is 16.6. The number of nitrogens with one attached hydrogen (secondary N) is 1. The van der Waals surface area contributed by atoms with Crippen molar-refractivity contribution in [1.82, 2.24) is 5.32 Å². The minimum Gasteiger partial charge on any atom is -0.444 e. The molecular weight excluding hydrogens is 252 g/mol. The third-order valence-corrected chi connectivity index (χ3v) is 2.40. The van der Waals surface area contributed by atoms with Gasteiger partial charge in [0.2, 0.25) is 0 Å². The van der Waals surface area contributed by atoms with Crippen LogP contribution in [0.4, 0.5) is 4.79 Å². The van der Waals surface area contributed by atoms with E-state index in [0.717, 1.165) is 11.1 Å². The molecule has 4 nitrogen and oxygen atoms in total. The number of carbonyl (C=O) groups excluding carboxylic acids is 1. The number of benzene rings is 1. The maximum Gasteiger partial charge on any atom is 0.408 e. The zero-order valence-electron chi connectivity index (χ0n) is 12.2. The first-order valence-corrected chi connectivity index (χ1v) is 6.29. The van der Waals surface area contributed by atoms with E-state index in [-0.39, 0.29) is 6.54 Å². The standard InChI is InChI=1S/C16H18N2O2/c1-12-13(7-5-8-14(12)11-17)9-6-10-18-15(19)20-16(2,3)4/h5,7-8H,10H2,1-4H3,(H,18,19). The number of alkyl carbamates (subject to hydrolysis) is 1. The molecule has 0 fully saturated rings. The van der Waals surface area contributed by atoms with E-state index in [4.69, 9.17) is 10.00 Å². The largest absolute Gasteiger partial charge is 0.444 e. The van der Waals surface area contributed by atoms with Crippen LogP contribution in [0.25, 0.3) is 0 Å². The van der Waals surface area contributed by atoms with Crippen LogP contribution in [0.5, 0.6) is 0 Å². The minimum atomic E-state index is -0.519. The molecule has 0 saturated heterocycles. The lowest BCUT2D eigenvalue weighted by Crippen LogP contribution is -2.32. The highest BCUT2D eigenvalue weighted by Gasteiger charge is 2.14. The molecule has 0 spiro atoms. The molecule has 0 unspecified atom stereocenters. The number of nitriles is 1. The Morgan fingerprint density at radius 3 is 2.60 bits per heavy atom. The Hall–Kier alpha value is -2.46. The van der Waals surface area contributed by atoms with Crippen LogP contribution < -0.4 is 5.32 Å². The molecule has 104 valence electrons. The van der Waals surface area contributed by atoms with Crippen LogP contribution in [-0.4, -0.2) is 18.2 Å². The van der Waals surface area contributed by atoms with E-state index >= 15 is 0 Å². The van der Waals surface area contributed by atoms with E-state index in [1.54, 1.807) is 32.9 Å². The first-order chi connectivity index (χ1) is 9.33. The summed E-state index contributed by atoms with van der Waals surface area (Å²) < 4.78 is 5.09. The summed E-state index contributed by atoms with van der Waals surface area (Å²) in [6.45, 7) is 7.45. The normalized spacial score (nSPS) is 9.95. The second kappa shape index (κ2) is 6.63. The van der Waals surface area contributed by atoms with Gasteiger partial charge in [-0.25, -0.2) is 4.79 Å². The van der Waals surface area contributed by atoms with Crippen molar-refractivity contribution in [3.05, 3.63) is 34.9 Å². The summed E-state index contributed by atoms with van der Waals surface area (Å²) in [5.41, 5.74) is 1.72. The lowest BCUT2D eigenvalue weighted by molar-refractivity contribution is 0.0535. The summed E-state index contributed by atoms with van der Waals surface area (Å²) in [6, 6.07) is 7.49. The molecular formula is C16H18N2O2. The summed E-state index contributed by atoms with van der Waals surface area (Å²) >= 11 is 0. The molecule has 20 heavy (non-hydrogen) atoms. The average molecular weight is 270 g/mol. The predicted molar refractivity (Wildman–Crippen MR) is 77.0 cm³/mol. The summed E-state index contributed by atoms with van der Waals surface area (Å²) in [5.74, 6) is 5.77. The van der Waals surface area contributed by atoms with Crippen molar-refractivity contribution < 1.29 is 9.53 Å². The lowest BCUT2D eigenvalue weighted by Gasteiger charge is -2.19. The summed E-state index contributed by atoms with van der Waals surface area (Å²) in [7, 11) is 0. The van der Waals surface area contributed by atoms with Gasteiger partial charge in [-0.05, 0) is 45.4 Å². The maximum atomic E-state index is 11.4. The number of rotatable bonds is 1. The van der Waals surface area contributed by atoms with Crippen LogP contribution in [0.3, 0.4) is 0 Å². The first-order valence-electron chi connectivity index (χ1n) is 6.29. The van der Waals surface area contributed by atoms with E-state index in [1.165, 1.54) is 0 Å². The molecule has 1 N–H and O–H groups in total. The topological polar surface area (TPSA) is 62.1 Å². The molecule has 0 aliphatic heterocycles. The van der Waals surface area contributed by atoms with Gasteiger partial charge in [0.1, 0.15) is 5.60 Å². The number of amides is 1. The second-order valence-corrected chi connectivity index (χ2v) is 5.25.